The first-order valence-corrected chi connectivity index (χ1v) is 5.50. The van der Waals surface area contributed by atoms with E-state index in [1.165, 1.54) is 18.4 Å². The van der Waals surface area contributed by atoms with Crippen molar-refractivity contribution >= 4 is 6.08 Å². The van der Waals surface area contributed by atoms with Crippen molar-refractivity contribution in [3.05, 3.63) is 28.9 Å². The Morgan fingerprint density at radius 2 is 2.07 bits per heavy atom. The third-order valence-corrected chi connectivity index (χ3v) is 3.41. The van der Waals surface area contributed by atoms with Crippen LogP contribution in [0.5, 0.6) is 0 Å². The van der Waals surface area contributed by atoms with Crippen LogP contribution < -0.4 is 0 Å². The zero-order valence-electron chi connectivity index (χ0n) is 9.96. The van der Waals surface area contributed by atoms with Gasteiger partial charge in [0, 0.05) is 6.20 Å². The zero-order chi connectivity index (χ0) is 11.1. The second kappa shape index (κ2) is 3.44. The molecule has 1 fully saturated rings. The molecule has 2 rings (SSSR count). The van der Waals surface area contributed by atoms with E-state index in [0.717, 1.165) is 17.1 Å². The minimum absolute atomic E-state index is 0.443. The van der Waals surface area contributed by atoms with Gasteiger partial charge >= 0.3 is 0 Å². The van der Waals surface area contributed by atoms with Gasteiger partial charge in [-0.3, -0.25) is 9.97 Å². The lowest BCUT2D eigenvalue weighted by molar-refractivity contribution is 0.694. The Morgan fingerprint density at radius 3 is 2.60 bits per heavy atom. The lowest BCUT2D eigenvalue weighted by atomic mass is 9.98. The van der Waals surface area contributed by atoms with Gasteiger partial charge in [-0.1, -0.05) is 12.5 Å². The minimum Gasteiger partial charge on any atom is -0.255 e. The van der Waals surface area contributed by atoms with Crippen molar-refractivity contribution in [2.75, 3.05) is 0 Å². The summed E-state index contributed by atoms with van der Waals surface area (Å²) in [5, 5.41) is 0. The molecule has 15 heavy (non-hydrogen) atoms. The smallest absolute Gasteiger partial charge is 0.0842 e. The van der Waals surface area contributed by atoms with Crippen molar-refractivity contribution < 1.29 is 0 Å². The quantitative estimate of drug-likeness (QED) is 0.735. The molecule has 1 aliphatic rings. The van der Waals surface area contributed by atoms with Crippen LogP contribution in [0.2, 0.25) is 0 Å². The van der Waals surface area contributed by atoms with Gasteiger partial charge in [0.25, 0.3) is 0 Å². The molecule has 0 radical (unpaired) electrons. The zero-order valence-corrected chi connectivity index (χ0v) is 9.96. The largest absolute Gasteiger partial charge is 0.255 e. The summed E-state index contributed by atoms with van der Waals surface area (Å²) in [4.78, 5) is 8.84. The van der Waals surface area contributed by atoms with Crippen molar-refractivity contribution in [2.24, 2.45) is 5.41 Å². The Bertz CT molecular complexity index is 415. The van der Waals surface area contributed by atoms with E-state index in [2.05, 4.69) is 29.9 Å². The summed E-state index contributed by atoms with van der Waals surface area (Å²) in [5.41, 5.74) is 4.91. The summed E-state index contributed by atoms with van der Waals surface area (Å²) in [6.45, 7) is 8.51. The molecule has 0 amide bonds. The molecule has 0 saturated heterocycles. The highest BCUT2D eigenvalue weighted by atomic mass is 14.8. The van der Waals surface area contributed by atoms with E-state index in [1.807, 2.05) is 20.0 Å². The van der Waals surface area contributed by atoms with E-state index in [-0.39, 0.29) is 0 Å². The topological polar surface area (TPSA) is 25.8 Å². The predicted octanol–water partition coefficient (Wildman–Crippen LogP) is 3.30. The van der Waals surface area contributed by atoms with Gasteiger partial charge in [-0.05, 0) is 45.1 Å². The number of allylic oxidation sites excluding steroid dienone is 1. The molecule has 0 aromatic carbocycles. The Kier molecular flexibility index (Phi) is 2.37. The SMILES string of the molecule is C/C(=C\c1ncc(C)nc1C)C1(C)CC1. The number of rotatable bonds is 2. The highest BCUT2D eigenvalue weighted by Gasteiger charge is 2.38. The molecule has 1 saturated carbocycles. The van der Waals surface area contributed by atoms with Crippen LogP contribution in [0.4, 0.5) is 0 Å². The van der Waals surface area contributed by atoms with Gasteiger partial charge in [-0.2, -0.15) is 0 Å². The first-order chi connectivity index (χ1) is 7.01. The third kappa shape index (κ3) is 2.09. The summed E-state index contributed by atoms with van der Waals surface area (Å²) in [6.07, 6.45) is 6.65. The number of aromatic nitrogens is 2. The molecule has 0 atom stereocenters. The van der Waals surface area contributed by atoms with E-state index < -0.39 is 0 Å². The number of aryl methyl sites for hydroxylation is 2. The first-order valence-electron chi connectivity index (χ1n) is 5.50. The summed E-state index contributed by atoms with van der Waals surface area (Å²) in [6, 6.07) is 0. The van der Waals surface area contributed by atoms with E-state index in [1.54, 1.807) is 0 Å². The Hall–Kier alpha value is -1.18. The second-order valence-corrected chi connectivity index (χ2v) is 4.87. The number of nitrogens with zero attached hydrogens (tertiary/aromatic N) is 2. The molecule has 80 valence electrons. The molecule has 2 nitrogen and oxygen atoms in total. The van der Waals surface area contributed by atoms with Crippen molar-refractivity contribution in [3.63, 3.8) is 0 Å². The molecule has 0 spiro atoms. The molecule has 0 N–H and O–H groups in total. The fraction of sp³-hybridized carbons (Fsp3) is 0.538. The Morgan fingerprint density at radius 1 is 1.40 bits per heavy atom. The molecule has 0 aliphatic heterocycles. The average molecular weight is 202 g/mol. The van der Waals surface area contributed by atoms with Crippen LogP contribution in [0.1, 0.15) is 43.8 Å². The normalized spacial score (nSPS) is 19.1. The van der Waals surface area contributed by atoms with Crippen LogP contribution in [0.3, 0.4) is 0 Å². The molecule has 0 bridgehead atoms. The van der Waals surface area contributed by atoms with Gasteiger partial charge in [-0.25, -0.2) is 0 Å². The van der Waals surface area contributed by atoms with E-state index >= 15 is 0 Å². The minimum atomic E-state index is 0.443. The first kappa shape index (κ1) is 10.3. The fourth-order valence-electron chi connectivity index (χ4n) is 1.71. The molecule has 2 heteroatoms. The molecule has 1 aliphatic carbocycles. The standard InChI is InChI=1S/C13H18N2/c1-9(13(4)5-6-13)7-12-11(3)15-10(2)8-14-12/h7-8H,5-6H2,1-4H3/b9-7+. The maximum absolute atomic E-state index is 4.42. The lowest BCUT2D eigenvalue weighted by Crippen LogP contribution is -1.98. The Balaban J connectivity index is 2.31. The van der Waals surface area contributed by atoms with E-state index in [0.29, 0.717) is 5.41 Å². The highest BCUT2D eigenvalue weighted by Crippen LogP contribution is 2.51. The van der Waals surface area contributed by atoms with Crippen LogP contribution in [0.25, 0.3) is 6.08 Å². The summed E-state index contributed by atoms with van der Waals surface area (Å²) in [7, 11) is 0. The van der Waals surface area contributed by atoms with Gasteiger partial charge in [0.1, 0.15) is 0 Å². The van der Waals surface area contributed by atoms with Gasteiger partial charge in [-0.15, -0.1) is 0 Å². The van der Waals surface area contributed by atoms with Gasteiger partial charge in [0.2, 0.25) is 0 Å². The van der Waals surface area contributed by atoms with E-state index in [4.69, 9.17) is 0 Å². The maximum Gasteiger partial charge on any atom is 0.0842 e. The highest BCUT2D eigenvalue weighted by molar-refractivity contribution is 5.53. The molecular formula is C13H18N2. The van der Waals surface area contributed by atoms with Gasteiger partial charge < -0.3 is 0 Å². The molecule has 1 aromatic heterocycles. The molecule has 0 unspecified atom stereocenters. The van der Waals surface area contributed by atoms with Gasteiger partial charge in [0.05, 0.1) is 17.1 Å². The van der Waals surface area contributed by atoms with Crippen molar-refractivity contribution in [1.29, 1.82) is 0 Å². The fourth-order valence-corrected chi connectivity index (χ4v) is 1.71. The lowest BCUT2D eigenvalue weighted by Gasteiger charge is -2.09. The number of hydrogen-bond acceptors (Lipinski definition) is 2. The van der Waals surface area contributed by atoms with Crippen LogP contribution in [-0.4, -0.2) is 9.97 Å². The van der Waals surface area contributed by atoms with E-state index in [9.17, 15) is 0 Å². The van der Waals surface area contributed by atoms with Crippen LogP contribution >= 0.6 is 0 Å². The third-order valence-electron chi connectivity index (χ3n) is 3.41. The Labute approximate surface area is 91.5 Å². The van der Waals surface area contributed by atoms with Crippen LogP contribution in [-0.2, 0) is 0 Å². The number of hydrogen-bond donors (Lipinski definition) is 0. The van der Waals surface area contributed by atoms with Crippen molar-refractivity contribution in [3.8, 4) is 0 Å². The van der Waals surface area contributed by atoms with Crippen molar-refractivity contribution in [1.82, 2.24) is 9.97 Å². The van der Waals surface area contributed by atoms with Crippen LogP contribution in [0.15, 0.2) is 11.8 Å². The van der Waals surface area contributed by atoms with Crippen LogP contribution in [0, 0.1) is 19.3 Å². The maximum atomic E-state index is 4.42. The van der Waals surface area contributed by atoms with Crippen molar-refractivity contribution in [2.45, 2.75) is 40.5 Å². The predicted molar refractivity (Wildman–Crippen MR) is 62.5 cm³/mol. The molecule has 1 aromatic rings. The summed E-state index contributed by atoms with van der Waals surface area (Å²) in [5.74, 6) is 0. The van der Waals surface area contributed by atoms with Gasteiger partial charge in [0.15, 0.2) is 0 Å². The average Bonchev–Trinajstić information content (AvgIpc) is 2.90. The summed E-state index contributed by atoms with van der Waals surface area (Å²) < 4.78 is 0. The monoisotopic (exact) mass is 202 g/mol. The molecular weight excluding hydrogens is 184 g/mol. The summed E-state index contributed by atoms with van der Waals surface area (Å²) >= 11 is 0. The molecule has 1 heterocycles. The second-order valence-electron chi connectivity index (χ2n) is 4.87.